The van der Waals surface area contributed by atoms with Crippen LogP contribution in [0.2, 0.25) is 10.0 Å². The van der Waals surface area contributed by atoms with Crippen LogP contribution >= 0.6 is 23.2 Å². The van der Waals surface area contributed by atoms with E-state index >= 15 is 0 Å². The molecule has 6 heteroatoms. The van der Waals surface area contributed by atoms with E-state index in [9.17, 15) is 4.79 Å². The molecule has 0 aliphatic rings. The fraction of sp³-hybridized carbons (Fsp3) is 0.235. The Bertz CT molecular complexity index is 629. The van der Waals surface area contributed by atoms with Crippen LogP contribution in [0.5, 0.6) is 0 Å². The molecule has 0 saturated carbocycles. The highest BCUT2D eigenvalue weighted by molar-refractivity contribution is 6.30. The lowest BCUT2D eigenvalue weighted by molar-refractivity contribution is -0.152. The van der Waals surface area contributed by atoms with Gasteiger partial charge < -0.3 is 4.74 Å². The Hall–Kier alpha value is -1.75. The monoisotopic (exact) mass is 353 g/mol. The molecule has 0 N–H and O–H groups in total. The fourth-order valence-corrected chi connectivity index (χ4v) is 2.10. The minimum atomic E-state index is -0.531. The van der Waals surface area contributed by atoms with Crippen molar-refractivity contribution >= 4 is 29.3 Å². The topological polar surface area (TPSA) is 38.8 Å². The van der Waals surface area contributed by atoms with Gasteiger partial charge in [0, 0.05) is 10.0 Å². The standard InChI is InChI=1S/C17H17Cl2NO3/c1-2-22-17(21)20(11-13-3-7-15(18)8-4-13)23-12-14-5-9-16(19)10-6-14/h3-10H,2,11-12H2,1H3. The molecule has 23 heavy (non-hydrogen) atoms. The molecule has 0 atom stereocenters. The summed E-state index contributed by atoms with van der Waals surface area (Å²) in [6, 6.07) is 14.4. The number of carbonyl (C=O) groups excluding carboxylic acids is 1. The first-order valence-corrected chi connectivity index (χ1v) is 7.90. The number of carbonyl (C=O) groups is 1. The third-order valence-electron chi connectivity index (χ3n) is 3.01. The van der Waals surface area contributed by atoms with Gasteiger partial charge in [-0.15, -0.1) is 0 Å². The number of benzene rings is 2. The van der Waals surface area contributed by atoms with Crippen LogP contribution in [-0.4, -0.2) is 17.8 Å². The van der Waals surface area contributed by atoms with Crippen molar-refractivity contribution in [2.45, 2.75) is 20.1 Å². The predicted molar refractivity (Wildman–Crippen MR) is 90.3 cm³/mol. The van der Waals surface area contributed by atoms with Crippen LogP contribution in [0.25, 0.3) is 0 Å². The molecule has 0 bridgehead atoms. The quantitative estimate of drug-likeness (QED) is 0.679. The van der Waals surface area contributed by atoms with E-state index in [0.717, 1.165) is 11.1 Å². The molecule has 2 aromatic rings. The first kappa shape index (κ1) is 17.6. The normalized spacial score (nSPS) is 10.4. The summed E-state index contributed by atoms with van der Waals surface area (Å²) in [5, 5.41) is 2.48. The largest absolute Gasteiger partial charge is 0.448 e. The third-order valence-corrected chi connectivity index (χ3v) is 3.52. The van der Waals surface area contributed by atoms with Crippen molar-refractivity contribution in [1.29, 1.82) is 0 Å². The number of ether oxygens (including phenoxy) is 1. The molecule has 0 aromatic heterocycles. The SMILES string of the molecule is CCOC(=O)N(Cc1ccc(Cl)cc1)OCc1ccc(Cl)cc1. The molecule has 0 unspecified atom stereocenters. The van der Waals surface area contributed by atoms with E-state index in [2.05, 4.69) is 0 Å². The van der Waals surface area contributed by atoms with Crippen LogP contribution in [0.4, 0.5) is 4.79 Å². The number of nitrogens with zero attached hydrogens (tertiary/aromatic N) is 1. The summed E-state index contributed by atoms with van der Waals surface area (Å²) in [6.07, 6.45) is -0.531. The van der Waals surface area contributed by atoms with Crippen LogP contribution in [0.1, 0.15) is 18.1 Å². The highest BCUT2D eigenvalue weighted by Gasteiger charge is 2.16. The summed E-state index contributed by atoms with van der Waals surface area (Å²) in [5.41, 5.74) is 1.79. The minimum Gasteiger partial charge on any atom is -0.448 e. The van der Waals surface area contributed by atoms with E-state index in [1.807, 2.05) is 24.3 Å². The van der Waals surface area contributed by atoms with Crippen LogP contribution in [0, 0.1) is 0 Å². The van der Waals surface area contributed by atoms with Crippen molar-refractivity contribution in [3.05, 3.63) is 69.7 Å². The maximum Gasteiger partial charge on any atom is 0.434 e. The van der Waals surface area contributed by atoms with Gasteiger partial charge in [-0.1, -0.05) is 47.5 Å². The van der Waals surface area contributed by atoms with Crippen molar-refractivity contribution in [3.63, 3.8) is 0 Å². The highest BCUT2D eigenvalue weighted by atomic mass is 35.5. The summed E-state index contributed by atoms with van der Waals surface area (Å²) in [5.74, 6) is 0. The Morgan fingerprint density at radius 2 is 1.48 bits per heavy atom. The lowest BCUT2D eigenvalue weighted by Gasteiger charge is -2.21. The Morgan fingerprint density at radius 3 is 2.00 bits per heavy atom. The second kappa shape index (κ2) is 8.77. The summed E-state index contributed by atoms with van der Waals surface area (Å²) in [4.78, 5) is 17.6. The molecule has 122 valence electrons. The summed E-state index contributed by atoms with van der Waals surface area (Å²) >= 11 is 11.7. The fourth-order valence-electron chi connectivity index (χ4n) is 1.85. The van der Waals surface area contributed by atoms with Crippen LogP contribution in [0.3, 0.4) is 0 Å². The Labute approximate surface area is 145 Å². The Kier molecular flexibility index (Phi) is 6.71. The molecule has 0 heterocycles. The van der Waals surface area contributed by atoms with Gasteiger partial charge in [0.05, 0.1) is 13.2 Å². The summed E-state index contributed by atoms with van der Waals surface area (Å²) in [7, 11) is 0. The van der Waals surface area contributed by atoms with Gasteiger partial charge in [0.25, 0.3) is 0 Å². The van der Waals surface area contributed by atoms with Crippen molar-refractivity contribution in [1.82, 2.24) is 5.06 Å². The smallest absolute Gasteiger partial charge is 0.434 e. The molecular weight excluding hydrogens is 337 g/mol. The van der Waals surface area contributed by atoms with Crippen LogP contribution in [0.15, 0.2) is 48.5 Å². The van der Waals surface area contributed by atoms with Gasteiger partial charge in [0.15, 0.2) is 0 Å². The average Bonchev–Trinajstić information content (AvgIpc) is 2.55. The zero-order valence-corrected chi connectivity index (χ0v) is 14.2. The molecule has 0 radical (unpaired) electrons. The van der Waals surface area contributed by atoms with Gasteiger partial charge in [0.2, 0.25) is 0 Å². The van der Waals surface area contributed by atoms with E-state index in [4.69, 9.17) is 32.8 Å². The zero-order valence-electron chi connectivity index (χ0n) is 12.7. The van der Waals surface area contributed by atoms with Gasteiger partial charge in [-0.3, -0.25) is 4.84 Å². The molecule has 0 saturated heterocycles. The molecule has 0 spiro atoms. The lowest BCUT2D eigenvalue weighted by atomic mass is 10.2. The van der Waals surface area contributed by atoms with Crippen molar-refractivity contribution in [3.8, 4) is 0 Å². The number of hydrogen-bond acceptors (Lipinski definition) is 3. The van der Waals surface area contributed by atoms with Crippen molar-refractivity contribution in [2.75, 3.05) is 6.61 Å². The van der Waals surface area contributed by atoms with Gasteiger partial charge in [-0.2, -0.15) is 5.06 Å². The first-order valence-electron chi connectivity index (χ1n) is 7.14. The van der Waals surface area contributed by atoms with Crippen LogP contribution < -0.4 is 0 Å². The first-order chi connectivity index (χ1) is 11.1. The number of amides is 1. The predicted octanol–water partition coefficient (Wildman–Crippen LogP) is 5.08. The number of rotatable bonds is 6. The Balaban J connectivity index is 2.02. The second-order valence-corrected chi connectivity index (χ2v) is 5.63. The van der Waals surface area contributed by atoms with E-state index in [1.165, 1.54) is 5.06 Å². The maximum atomic E-state index is 12.0. The van der Waals surface area contributed by atoms with E-state index in [1.54, 1.807) is 31.2 Å². The zero-order chi connectivity index (χ0) is 16.7. The average molecular weight is 354 g/mol. The van der Waals surface area contributed by atoms with Crippen molar-refractivity contribution in [2.24, 2.45) is 0 Å². The van der Waals surface area contributed by atoms with Crippen molar-refractivity contribution < 1.29 is 14.4 Å². The van der Waals surface area contributed by atoms with Gasteiger partial charge in [-0.05, 0) is 42.3 Å². The van der Waals surface area contributed by atoms with Gasteiger partial charge >= 0.3 is 6.09 Å². The lowest BCUT2D eigenvalue weighted by Crippen LogP contribution is -2.31. The van der Waals surface area contributed by atoms with E-state index in [-0.39, 0.29) is 19.8 Å². The van der Waals surface area contributed by atoms with E-state index in [0.29, 0.717) is 10.0 Å². The molecule has 4 nitrogen and oxygen atoms in total. The maximum absolute atomic E-state index is 12.0. The van der Waals surface area contributed by atoms with Gasteiger partial charge in [-0.25, -0.2) is 4.79 Å². The number of hydroxylamine groups is 2. The van der Waals surface area contributed by atoms with Crippen LogP contribution in [-0.2, 0) is 22.7 Å². The highest BCUT2D eigenvalue weighted by Crippen LogP contribution is 2.15. The Morgan fingerprint density at radius 1 is 0.957 bits per heavy atom. The number of halogens is 2. The molecule has 0 aliphatic heterocycles. The third kappa shape index (κ3) is 5.75. The second-order valence-electron chi connectivity index (χ2n) is 4.76. The molecular formula is C17H17Cl2NO3. The molecule has 0 aliphatic carbocycles. The molecule has 2 rings (SSSR count). The van der Waals surface area contributed by atoms with E-state index < -0.39 is 6.09 Å². The van der Waals surface area contributed by atoms with Gasteiger partial charge in [0.1, 0.15) is 6.61 Å². The summed E-state index contributed by atoms with van der Waals surface area (Å²) in [6.45, 7) is 2.53. The minimum absolute atomic E-state index is 0.240. The molecule has 0 fully saturated rings. The molecule has 2 aromatic carbocycles. The molecule has 1 amide bonds. The summed E-state index contributed by atoms with van der Waals surface area (Å²) < 4.78 is 5.02. The number of hydrogen-bond donors (Lipinski definition) is 0.